The zero-order chi connectivity index (χ0) is 12.3. The molecular formula is C15H23NO. The first-order valence-corrected chi connectivity index (χ1v) is 6.50. The zero-order valence-corrected chi connectivity index (χ0v) is 11.2. The highest BCUT2D eigenvalue weighted by molar-refractivity contribution is 5.38. The second kappa shape index (κ2) is 5.09. The number of aryl methyl sites for hydroxylation is 2. The van der Waals surface area contributed by atoms with Crippen LogP contribution in [0.3, 0.4) is 0 Å². The van der Waals surface area contributed by atoms with Crippen LogP contribution in [0.5, 0.6) is 5.75 Å². The van der Waals surface area contributed by atoms with Crippen molar-refractivity contribution in [1.82, 2.24) is 5.32 Å². The van der Waals surface area contributed by atoms with E-state index in [1.165, 1.54) is 30.4 Å². The van der Waals surface area contributed by atoms with E-state index in [9.17, 15) is 0 Å². The molecule has 0 aromatic heterocycles. The minimum absolute atomic E-state index is 0.174. The molecule has 0 saturated heterocycles. The van der Waals surface area contributed by atoms with Gasteiger partial charge in [-0.05, 0) is 49.6 Å². The molecule has 0 unspecified atom stereocenters. The Balaban J connectivity index is 1.95. The average molecular weight is 233 g/mol. The van der Waals surface area contributed by atoms with Crippen molar-refractivity contribution >= 4 is 0 Å². The molecule has 0 heterocycles. The van der Waals surface area contributed by atoms with Gasteiger partial charge in [-0.25, -0.2) is 0 Å². The van der Waals surface area contributed by atoms with Crippen LogP contribution in [-0.4, -0.2) is 20.2 Å². The van der Waals surface area contributed by atoms with Crippen LogP contribution < -0.4 is 10.1 Å². The maximum atomic E-state index is 5.91. The van der Waals surface area contributed by atoms with Crippen molar-refractivity contribution in [1.29, 1.82) is 0 Å². The Morgan fingerprint density at radius 1 is 1.24 bits per heavy atom. The van der Waals surface area contributed by atoms with Gasteiger partial charge in [-0.3, -0.25) is 0 Å². The van der Waals surface area contributed by atoms with Gasteiger partial charge in [0.05, 0.1) is 6.61 Å². The minimum atomic E-state index is 0.174. The van der Waals surface area contributed by atoms with Crippen LogP contribution in [0.1, 0.15) is 31.4 Å². The van der Waals surface area contributed by atoms with Crippen LogP contribution in [0.4, 0.5) is 0 Å². The van der Waals surface area contributed by atoms with E-state index in [2.05, 4.69) is 37.4 Å². The van der Waals surface area contributed by atoms with Crippen LogP contribution >= 0.6 is 0 Å². The van der Waals surface area contributed by atoms with E-state index in [1.54, 1.807) is 0 Å². The van der Waals surface area contributed by atoms with Crippen molar-refractivity contribution in [3.63, 3.8) is 0 Å². The number of rotatable bonds is 5. The van der Waals surface area contributed by atoms with Gasteiger partial charge in [0, 0.05) is 12.0 Å². The Kier molecular flexibility index (Phi) is 3.72. The van der Waals surface area contributed by atoms with Gasteiger partial charge < -0.3 is 10.1 Å². The SMILES string of the molecule is CNCC(C)(C)COc1ccc2c(c1)CCC2. The van der Waals surface area contributed by atoms with E-state index < -0.39 is 0 Å². The third-order valence-corrected chi connectivity index (χ3v) is 3.35. The summed E-state index contributed by atoms with van der Waals surface area (Å²) in [5.41, 5.74) is 3.16. The zero-order valence-electron chi connectivity index (χ0n) is 11.2. The largest absolute Gasteiger partial charge is 0.493 e. The van der Waals surface area contributed by atoms with Crippen molar-refractivity contribution < 1.29 is 4.74 Å². The van der Waals surface area contributed by atoms with Gasteiger partial charge in [-0.15, -0.1) is 0 Å². The summed E-state index contributed by atoms with van der Waals surface area (Å²) >= 11 is 0. The van der Waals surface area contributed by atoms with Gasteiger partial charge in [0.1, 0.15) is 5.75 Å². The lowest BCUT2D eigenvalue weighted by Gasteiger charge is -2.24. The van der Waals surface area contributed by atoms with Crippen LogP contribution in [0, 0.1) is 5.41 Å². The fourth-order valence-corrected chi connectivity index (χ4v) is 2.45. The molecule has 0 bridgehead atoms. The fourth-order valence-electron chi connectivity index (χ4n) is 2.45. The Labute approximate surface area is 104 Å². The highest BCUT2D eigenvalue weighted by Gasteiger charge is 2.18. The maximum absolute atomic E-state index is 5.91. The Hall–Kier alpha value is -1.02. The maximum Gasteiger partial charge on any atom is 0.119 e. The highest BCUT2D eigenvalue weighted by atomic mass is 16.5. The Bertz CT molecular complexity index is 385. The molecule has 0 amide bonds. The number of nitrogens with one attached hydrogen (secondary N) is 1. The molecule has 1 N–H and O–H groups in total. The molecule has 0 saturated carbocycles. The van der Waals surface area contributed by atoms with Gasteiger partial charge in [0.2, 0.25) is 0 Å². The van der Waals surface area contributed by atoms with Crippen LogP contribution in [0.2, 0.25) is 0 Å². The molecule has 0 atom stereocenters. The summed E-state index contributed by atoms with van der Waals surface area (Å²) in [7, 11) is 1.98. The molecule has 2 rings (SSSR count). The molecule has 17 heavy (non-hydrogen) atoms. The monoisotopic (exact) mass is 233 g/mol. The lowest BCUT2D eigenvalue weighted by molar-refractivity contribution is 0.179. The second-order valence-electron chi connectivity index (χ2n) is 5.77. The van der Waals surface area contributed by atoms with E-state index in [-0.39, 0.29) is 5.41 Å². The van der Waals surface area contributed by atoms with Gasteiger partial charge in [0.25, 0.3) is 0 Å². The lowest BCUT2D eigenvalue weighted by atomic mass is 9.95. The van der Waals surface area contributed by atoms with E-state index in [1.807, 2.05) is 7.05 Å². The standard InChI is InChI=1S/C15H23NO/c1-15(2,10-16-3)11-17-14-8-7-12-5-4-6-13(12)9-14/h7-9,16H,4-6,10-11H2,1-3H3. The smallest absolute Gasteiger partial charge is 0.119 e. The summed E-state index contributed by atoms with van der Waals surface area (Å²) < 4.78 is 5.91. The Morgan fingerprint density at radius 3 is 2.76 bits per heavy atom. The number of hydrogen-bond acceptors (Lipinski definition) is 2. The Morgan fingerprint density at radius 2 is 2.00 bits per heavy atom. The predicted octanol–water partition coefficient (Wildman–Crippen LogP) is 2.80. The molecule has 1 aliphatic carbocycles. The van der Waals surface area contributed by atoms with Crippen molar-refractivity contribution in [2.45, 2.75) is 33.1 Å². The van der Waals surface area contributed by atoms with E-state index in [0.29, 0.717) is 0 Å². The first-order valence-electron chi connectivity index (χ1n) is 6.50. The summed E-state index contributed by atoms with van der Waals surface area (Å²) in [5, 5.41) is 3.21. The van der Waals surface area contributed by atoms with Gasteiger partial charge in [0.15, 0.2) is 0 Å². The number of ether oxygens (including phenoxy) is 1. The minimum Gasteiger partial charge on any atom is -0.493 e. The molecular weight excluding hydrogens is 210 g/mol. The third kappa shape index (κ3) is 3.22. The van der Waals surface area contributed by atoms with Crippen molar-refractivity contribution in [2.75, 3.05) is 20.2 Å². The second-order valence-corrected chi connectivity index (χ2v) is 5.77. The lowest BCUT2D eigenvalue weighted by Crippen LogP contribution is -2.32. The predicted molar refractivity (Wildman–Crippen MR) is 71.7 cm³/mol. The topological polar surface area (TPSA) is 21.3 Å². The molecule has 0 fully saturated rings. The molecule has 0 radical (unpaired) electrons. The van der Waals surface area contributed by atoms with Crippen molar-refractivity contribution in [2.24, 2.45) is 5.41 Å². The molecule has 2 nitrogen and oxygen atoms in total. The summed E-state index contributed by atoms with van der Waals surface area (Å²) in [6, 6.07) is 6.56. The van der Waals surface area contributed by atoms with Crippen LogP contribution in [-0.2, 0) is 12.8 Å². The number of fused-ring (bicyclic) bond motifs is 1. The quantitative estimate of drug-likeness (QED) is 0.844. The first kappa shape index (κ1) is 12.4. The summed E-state index contributed by atoms with van der Waals surface area (Å²) in [4.78, 5) is 0. The average Bonchev–Trinajstić information content (AvgIpc) is 2.73. The van der Waals surface area contributed by atoms with Crippen LogP contribution in [0.15, 0.2) is 18.2 Å². The van der Waals surface area contributed by atoms with Crippen LogP contribution in [0.25, 0.3) is 0 Å². The third-order valence-electron chi connectivity index (χ3n) is 3.35. The molecule has 0 aliphatic heterocycles. The van der Waals surface area contributed by atoms with Crippen molar-refractivity contribution in [3.05, 3.63) is 29.3 Å². The number of hydrogen-bond donors (Lipinski definition) is 1. The normalized spacial score (nSPS) is 14.8. The van der Waals surface area contributed by atoms with Gasteiger partial charge >= 0.3 is 0 Å². The molecule has 1 aromatic carbocycles. The highest BCUT2D eigenvalue weighted by Crippen LogP contribution is 2.27. The van der Waals surface area contributed by atoms with E-state index >= 15 is 0 Å². The first-order chi connectivity index (χ1) is 8.11. The summed E-state index contributed by atoms with van der Waals surface area (Å²) in [6.45, 7) is 6.16. The van der Waals surface area contributed by atoms with Gasteiger partial charge in [-0.1, -0.05) is 19.9 Å². The van der Waals surface area contributed by atoms with Gasteiger partial charge in [-0.2, -0.15) is 0 Å². The molecule has 2 heteroatoms. The molecule has 0 spiro atoms. The number of benzene rings is 1. The molecule has 94 valence electrons. The van der Waals surface area contributed by atoms with E-state index in [0.717, 1.165) is 18.9 Å². The van der Waals surface area contributed by atoms with E-state index in [4.69, 9.17) is 4.74 Å². The molecule has 1 aromatic rings. The van der Waals surface area contributed by atoms with Crippen molar-refractivity contribution in [3.8, 4) is 5.75 Å². The fraction of sp³-hybridized carbons (Fsp3) is 0.600. The summed E-state index contributed by atoms with van der Waals surface area (Å²) in [5.74, 6) is 1.02. The molecule has 1 aliphatic rings. The summed E-state index contributed by atoms with van der Waals surface area (Å²) in [6.07, 6.45) is 3.75.